The SMILES string of the molecule is O=C(O)C1C2C=CC(C2)C1C(=O)N1CCOC(CO)C1. The van der Waals surface area contributed by atoms with E-state index in [4.69, 9.17) is 9.84 Å². The molecule has 1 saturated carbocycles. The van der Waals surface area contributed by atoms with Gasteiger partial charge in [0.2, 0.25) is 5.91 Å². The first-order valence-corrected chi connectivity index (χ1v) is 7.04. The summed E-state index contributed by atoms with van der Waals surface area (Å²) in [6, 6.07) is 0. The van der Waals surface area contributed by atoms with Gasteiger partial charge in [-0.05, 0) is 18.3 Å². The number of hydrogen-bond donors (Lipinski definition) is 2. The summed E-state index contributed by atoms with van der Waals surface area (Å²) in [6.45, 7) is 1.09. The fourth-order valence-corrected chi connectivity index (χ4v) is 3.74. The number of carbonyl (C=O) groups is 2. The average molecular weight is 281 g/mol. The molecular formula is C14H19NO5. The second-order valence-corrected chi connectivity index (χ2v) is 5.80. The summed E-state index contributed by atoms with van der Waals surface area (Å²) in [5.74, 6) is -2.01. The van der Waals surface area contributed by atoms with Gasteiger partial charge in [-0.25, -0.2) is 0 Å². The van der Waals surface area contributed by atoms with Crippen LogP contribution in [0.25, 0.3) is 0 Å². The van der Waals surface area contributed by atoms with Crippen LogP contribution in [0.1, 0.15) is 6.42 Å². The number of carboxylic acids is 1. The molecule has 2 bridgehead atoms. The van der Waals surface area contributed by atoms with Crippen LogP contribution in [-0.4, -0.2) is 59.4 Å². The molecule has 1 heterocycles. The summed E-state index contributed by atoms with van der Waals surface area (Å²) in [7, 11) is 0. The third-order valence-electron chi connectivity index (χ3n) is 4.68. The molecule has 110 valence electrons. The molecule has 3 aliphatic rings. The van der Waals surface area contributed by atoms with E-state index < -0.39 is 17.8 Å². The smallest absolute Gasteiger partial charge is 0.307 e. The van der Waals surface area contributed by atoms with Gasteiger partial charge < -0.3 is 19.8 Å². The normalized spacial score (nSPS) is 39.2. The molecule has 0 aromatic rings. The Labute approximate surface area is 117 Å². The summed E-state index contributed by atoms with van der Waals surface area (Å²) in [5, 5.41) is 18.5. The number of aliphatic carboxylic acids is 1. The monoisotopic (exact) mass is 281 g/mol. The molecule has 3 rings (SSSR count). The van der Waals surface area contributed by atoms with Crippen molar-refractivity contribution in [3.05, 3.63) is 12.2 Å². The van der Waals surface area contributed by atoms with Crippen LogP contribution in [0.4, 0.5) is 0 Å². The van der Waals surface area contributed by atoms with Crippen LogP contribution in [-0.2, 0) is 14.3 Å². The molecular weight excluding hydrogens is 262 g/mol. The molecule has 5 unspecified atom stereocenters. The van der Waals surface area contributed by atoms with E-state index >= 15 is 0 Å². The maximum Gasteiger partial charge on any atom is 0.307 e. The molecule has 1 aliphatic heterocycles. The number of carbonyl (C=O) groups excluding carboxylic acids is 1. The fraction of sp³-hybridized carbons (Fsp3) is 0.714. The highest BCUT2D eigenvalue weighted by Crippen LogP contribution is 2.48. The van der Waals surface area contributed by atoms with Crippen molar-refractivity contribution in [2.75, 3.05) is 26.3 Å². The lowest BCUT2D eigenvalue weighted by Crippen LogP contribution is -2.51. The van der Waals surface area contributed by atoms with E-state index in [2.05, 4.69) is 0 Å². The van der Waals surface area contributed by atoms with E-state index in [-0.39, 0.29) is 30.5 Å². The van der Waals surface area contributed by atoms with Gasteiger partial charge in [-0.1, -0.05) is 12.2 Å². The largest absolute Gasteiger partial charge is 0.481 e. The zero-order chi connectivity index (χ0) is 14.3. The highest BCUT2D eigenvalue weighted by atomic mass is 16.5. The Hall–Kier alpha value is -1.40. The predicted octanol–water partition coefficient (Wildman–Crippen LogP) is -0.271. The van der Waals surface area contributed by atoms with Gasteiger partial charge in [-0.3, -0.25) is 9.59 Å². The van der Waals surface area contributed by atoms with Crippen LogP contribution in [0.2, 0.25) is 0 Å². The summed E-state index contributed by atoms with van der Waals surface area (Å²) in [4.78, 5) is 25.8. The number of morpholine rings is 1. The third-order valence-corrected chi connectivity index (χ3v) is 4.68. The van der Waals surface area contributed by atoms with Crippen LogP contribution in [0.15, 0.2) is 12.2 Å². The Balaban J connectivity index is 1.76. The molecule has 2 N–H and O–H groups in total. The second-order valence-electron chi connectivity index (χ2n) is 5.80. The van der Waals surface area contributed by atoms with Crippen molar-refractivity contribution in [1.29, 1.82) is 0 Å². The third kappa shape index (κ3) is 2.13. The van der Waals surface area contributed by atoms with Crippen molar-refractivity contribution in [2.24, 2.45) is 23.7 Å². The lowest BCUT2D eigenvalue weighted by atomic mass is 9.82. The number of hydrogen-bond acceptors (Lipinski definition) is 4. The lowest BCUT2D eigenvalue weighted by molar-refractivity contribution is -0.155. The minimum absolute atomic E-state index is 0.0128. The molecule has 6 nitrogen and oxygen atoms in total. The van der Waals surface area contributed by atoms with Gasteiger partial charge >= 0.3 is 5.97 Å². The molecule has 0 spiro atoms. The minimum Gasteiger partial charge on any atom is -0.481 e. The molecule has 2 fully saturated rings. The predicted molar refractivity (Wildman–Crippen MR) is 68.8 cm³/mol. The van der Waals surface area contributed by atoms with Crippen LogP contribution in [0.5, 0.6) is 0 Å². The van der Waals surface area contributed by atoms with Crippen molar-refractivity contribution in [1.82, 2.24) is 4.90 Å². The average Bonchev–Trinajstić information content (AvgIpc) is 3.07. The topological polar surface area (TPSA) is 87.1 Å². The second kappa shape index (κ2) is 5.18. The highest BCUT2D eigenvalue weighted by molar-refractivity contribution is 5.87. The summed E-state index contributed by atoms with van der Waals surface area (Å²) in [6.07, 6.45) is 4.33. The number of nitrogens with zero attached hydrogens (tertiary/aromatic N) is 1. The molecule has 2 aliphatic carbocycles. The maximum atomic E-state index is 12.7. The number of aliphatic hydroxyl groups excluding tert-OH is 1. The van der Waals surface area contributed by atoms with Gasteiger partial charge in [0.1, 0.15) is 0 Å². The Morgan fingerprint density at radius 1 is 1.25 bits per heavy atom. The van der Waals surface area contributed by atoms with E-state index in [1.165, 1.54) is 0 Å². The minimum atomic E-state index is -0.882. The van der Waals surface area contributed by atoms with Crippen molar-refractivity contribution in [3.63, 3.8) is 0 Å². The van der Waals surface area contributed by atoms with E-state index in [1.807, 2.05) is 12.2 Å². The van der Waals surface area contributed by atoms with Crippen molar-refractivity contribution in [2.45, 2.75) is 12.5 Å². The van der Waals surface area contributed by atoms with Gasteiger partial charge in [0.15, 0.2) is 0 Å². The number of amides is 1. The Morgan fingerprint density at radius 3 is 2.60 bits per heavy atom. The van der Waals surface area contributed by atoms with Gasteiger partial charge in [0, 0.05) is 13.1 Å². The molecule has 0 radical (unpaired) electrons. The zero-order valence-corrected chi connectivity index (χ0v) is 11.1. The zero-order valence-electron chi connectivity index (χ0n) is 11.1. The Bertz CT molecular complexity index is 449. The van der Waals surface area contributed by atoms with Crippen molar-refractivity contribution >= 4 is 11.9 Å². The molecule has 0 aromatic heterocycles. The first-order valence-electron chi connectivity index (χ1n) is 7.04. The number of carboxylic acid groups (broad SMARTS) is 1. The molecule has 0 aromatic carbocycles. The van der Waals surface area contributed by atoms with Crippen LogP contribution in [0.3, 0.4) is 0 Å². The molecule has 1 amide bonds. The van der Waals surface area contributed by atoms with E-state index in [0.717, 1.165) is 6.42 Å². The van der Waals surface area contributed by atoms with Crippen LogP contribution < -0.4 is 0 Å². The molecule has 5 atom stereocenters. The number of ether oxygens (including phenoxy) is 1. The lowest BCUT2D eigenvalue weighted by Gasteiger charge is -2.36. The quantitative estimate of drug-likeness (QED) is 0.695. The van der Waals surface area contributed by atoms with E-state index in [9.17, 15) is 14.7 Å². The van der Waals surface area contributed by atoms with Crippen molar-refractivity contribution < 1.29 is 24.5 Å². The van der Waals surface area contributed by atoms with Gasteiger partial charge in [0.05, 0.1) is 31.2 Å². The van der Waals surface area contributed by atoms with Gasteiger partial charge in [-0.2, -0.15) is 0 Å². The summed E-state index contributed by atoms with van der Waals surface area (Å²) < 4.78 is 5.33. The van der Waals surface area contributed by atoms with Crippen LogP contribution >= 0.6 is 0 Å². The van der Waals surface area contributed by atoms with Gasteiger partial charge in [-0.15, -0.1) is 0 Å². The molecule has 6 heteroatoms. The standard InChI is InChI=1S/C14H19NO5/c16-7-10-6-15(3-4-20-10)13(17)11-8-1-2-9(5-8)12(11)14(18)19/h1-2,8-12,16H,3-7H2,(H,18,19). The highest BCUT2D eigenvalue weighted by Gasteiger charge is 2.52. The maximum absolute atomic E-state index is 12.7. The van der Waals surface area contributed by atoms with Crippen molar-refractivity contribution in [3.8, 4) is 0 Å². The Kier molecular flexibility index (Phi) is 3.52. The number of allylic oxidation sites excluding steroid dienone is 2. The summed E-state index contributed by atoms with van der Waals surface area (Å²) >= 11 is 0. The number of fused-ring (bicyclic) bond motifs is 2. The van der Waals surface area contributed by atoms with E-state index in [1.54, 1.807) is 4.90 Å². The van der Waals surface area contributed by atoms with E-state index in [0.29, 0.717) is 19.7 Å². The fourth-order valence-electron chi connectivity index (χ4n) is 3.74. The number of aliphatic hydroxyl groups is 1. The summed E-state index contributed by atoms with van der Waals surface area (Å²) in [5.41, 5.74) is 0. The molecule has 20 heavy (non-hydrogen) atoms. The van der Waals surface area contributed by atoms with Crippen LogP contribution in [0, 0.1) is 23.7 Å². The van der Waals surface area contributed by atoms with Gasteiger partial charge in [0.25, 0.3) is 0 Å². The number of rotatable bonds is 3. The first-order chi connectivity index (χ1) is 9.61. The molecule has 1 saturated heterocycles. The first kappa shape index (κ1) is 13.6. The Morgan fingerprint density at radius 2 is 1.95 bits per heavy atom.